The van der Waals surface area contributed by atoms with E-state index in [1.165, 1.54) is 6.07 Å². The molecule has 0 saturated carbocycles. The van der Waals surface area contributed by atoms with Gasteiger partial charge in [-0.2, -0.15) is 0 Å². The molecule has 3 aromatic rings. The average Bonchev–Trinajstić information content (AvgIpc) is 3.12. The number of halogens is 2. The fraction of sp³-hybridized carbons (Fsp3) is 0.375. The highest BCUT2D eigenvalue weighted by Crippen LogP contribution is 2.18. The smallest absolute Gasteiger partial charge is 0.407 e. The maximum atomic E-state index is 14.6. The van der Waals surface area contributed by atoms with Crippen LogP contribution in [0.3, 0.4) is 0 Å². The van der Waals surface area contributed by atoms with E-state index in [1.807, 2.05) is 6.92 Å². The number of benzene rings is 1. The van der Waals surface area contributed by atoms with Crippen molar-refractivity contribution in [2.75, 3.05) is 18.4 Å². The Morgan fingerprint density at radius 1 is 1.15 bits per heavy atom. The molecule has 0 fully saturated rings. The van der Waals surface area contributed by atoms with Gasteiger partial charge in [-0.25, -0.2) is 14.2 Å². The van der Waals surface area contributed by atoms with E-state index in [9.17, 15) is 14.0 Å². The van der Waals surface area contributed by atoms with Crippen molar-refractivity contribution in [2.45, 2.75) is 46.3 Å². The average molecular weight is 490 g/mol. The first-order chi connectivity index (χ1) is 16.1. The van der Waals surface area contributed by atoms with Gasteiger partial charge in [-0.1, -0.05) is 24.6 Å². The van der Waals surface area contributed by atoms with E-state index in [0.717, 1.165) is 0 Å². The third kappa shape index (κ3) is 6.60. The summed E-state index contributed by atoms with van der Waals surface area (Å²) in [6.45, 7) is 7.99. The predicted octanol–water partition coefficient (Wildman–Crippen LogP) is 4.56. The summed E-state index contributed by atoms with van der Waals surface area (Å²) in [6.07, 6.45) is 1.70. The quantitative estimate of drug-likeness (QED) is 0.403. The second-order valence-corrected chi connectivity index (χ2v) is 9.12. The molecule has 0 aliphatic heterocycles. The number of aryl methyl sites for hydroxylation is 1. The van der Waals surface area contributed by atoms with E-state index < -0.39 is 17.5 Å². The summed E-state index contributed by atoms with van der Waals surface area (Å²) in [4.78, 5) is 29.0. The van der Waals surface area contributed by atoms with Crippen molar-refractivity contribution in [3.05, 3.63) is 64.3 Å². The van der Waals surface area contributed by atoms with Crippen LogP contribution in [0.1, 0.15) is 49.4 Å². The largest absolute Gasteiger partial charge is 0.444 e. The number of aromatic nitrogens is 2. The third-order valence-electron chi connectivity index (χ3n) is 4.82. The second-order valence-electron chi connectivity index (χ2n) is 8.68. The monoisotopic (exact) mass is 489 g/mol. The van der Waals surface area contributed by atoms with Gasteiger partial charge < -0.3 is 20.7 Å². The van der Waals surface area contributed by atoms with Gasteiger partial charge in [-0.3, -0.25) is 9.20 Å². The van der Waals surface area contributed by atoms with Gasteiger partial charge in [0, 0.05) is 37.1 Å². The zero-order valence-electron chi connectivity index (χ0n) is 19.7. The van der Waals surface area contributed by atoms with E-state index >= 15 is 0 Å². The number of imidazole rings is 1. The number of hydrogen-bond donors (Lipinski definition) is 3. The standard InChI is InChI=1S/C24H29ClFN5O3/c1-5-19-21(31-14-16(25)7-9-20(31)30-19)22(32)29-13-15-6-8-17(12-18(15)26)27-10-11-28-23(33)34-24(2,3)4/h6-9,12,14,27H,5,10-11,13H2,1-4H3,(H,28,33)(H,29,32). The molecule has 2 amide bonds. The normalized spacial score (nSPS) is 11.4. The molecule has 3 rings (SSSR count). The van der Waals surface area contributed by atoms with Crippen molar-refractivity contribution < 1.29 is 18.7 Å². The molecule has 2 aromatic heterocycles. The molecule has 0 aliphatic carbocycles. The molecule has 0 bridgehead atoms. The van der Waals surface area contributed by atoms with Crippen LogP contribution in [0.15, 0.2) is 36.5 Å². The molecule has 0 spiro atoms. The molecule has 0 aliphatic rings. The van der Waals surface area contributed by atoms with E-state index in [-0.39, 0.29) is 12.5 Å². The maximum Gasteiger partial charge on any atom is 0.407 e. The van der Waals surface area contributed by atoms with Crippen LogP contribution in [0.2, 0.25) is 5.02 Å². The Bertz CT molecular complexity index is 1190. The van der Waals surface area contributed by atoms with Crippen molar-refractivity contribution >= 4 is 34.9 Å². The van der Waals surface area contributed by atoms with Crippen LogP contribution in [0, 0.1) is 5.82 Å². The number of amides is 2. The third-order valence-corrected chi connectivity index (χ3v) is 5.04. The number of anilines is 1. The summed E-state index contributed by atoms with van der Waals surface area (Å²) >= 11 is 6.08. The van der Waals surface area contributed by atoms with Crippen LogP contribution in [-0.2, 0) is 17.7 Å². The Kier molecular flexibility index (Phi) is 7.98. The van der Waals surface area contributed by atoms with Gasteiger partial charge in [0.2, 0.25) is 0 Å². The van der Waals surface area contributed by atoms with E-state index in [4.69, 9.17) is 16.3 Å². The molecule has 34 heavy (non-hydrogen) atoms. The lowest BCUT2D eigenvalue weighted by atomic mass is 10.1. The molecular weight excluding hydrogens is 461 g/mol. The van der Waals surface area contributed by atoms with Crippen LogP contribution < -0.4 is 16.0 Å². The number of hydrogen-bond acceptors (Lipinski definition) is 5. The number of nitrogens with one attached hydrogen (secondary N) is 3. The summed E-state index contributed by atoms with van der Waals surface area (Å²) < 4.78 is 21.4. The minimum absolute atomic E-state index is 0.0160. The number of rotatable bonds is 8. The molecular formula is C24H29ClFN5O3. The van der Waals surface area contributed by atoms with Crippen LogP contribution >= 0.6 is 11.6 Å². The van der Waals surface area contributed by atoms with Crippen LogP contribution in [0.4, 0.5) is 14.9 Å². The van der Waals surface area contributed by atoms with Gasteiger partial charge in [-0.15, -0.1) is 0 Å². The highest BCUT2D eigenvalue weighted by atomic mass is 35.5. The van der Waals surface area contributed by atoms with Crippen molar-refractivity contribution in [2.24, 2.45) is 0 Å². The zero-order valence-corrected chi connectivity index (χ0v) is 20.4. The number of ether oxygens (including phenoxy) is 1. The molecule has 0 saturated heterocycles. The van der Waals surface area contributed by atoms with Gasteiger partial charge in [0.25, 0.3) is 5.91 Å². The predicted molar refractivity (Wildman–Crippen MR) is 130 cm³/mol. The van der Waals surface area contributed by atoms with Crippen molar-refractivity contribution in [1.29, 1.82) is 0 Å². The van der Waals surface area contributed by atoms with Gasteiger partial charge in [-0.05, 0) is 51.5 Å². The van der Waals surface area contributed by atoms with E-state index in [1.54, 1.807) is 55.6 Å². The van der Waals surface area contributed by atoms with Crippen molar-refractivity contribution in [3.63, 3.8) is 0 Å². The van der Waals surface area contributed by atoms with Gasteiger partial charge in [0.15, 0.2) is 0 Å². The molecule has 0 atom stereocenters. The lowest BCUT2D eigenvalue weighted by Gasteiger charge is -2.19. The summed E-state index contributed by atoms with van der Waals surface area (Å²) in [7, 11) is 0. The Morgan fingerprint density at radius 3 is 2.59 bits per heavy atom. The topological polar surface area (TPSA) is 96.8 Å². The fourth-order valence-corrected chi connectivity index (χ4v) is 3.46. The lowest BCUT2D eigenvalue weighted by molar-refractivity contribution is 0.0530. The van der Waals surface area contributed by atoms with Gasteiger partial charge >= 0.3 is 6.09 Å². The highest BCUT2D eigenvalue weighted by Gasteiger charge is 2.19. The first-order valence-electron chi connectivity index (χ1n) is 11.0. The zero-order chi connectivity index (χ0) is 24.9. The number of nitrogens with zero attached hydrogens (tertiary/aromatic N) is 2. The lowest BCUT2D eigenvalue weighted by Crippen LogP contribution is -2.35. The van der Waals surface area contributed by atoms with Crippen LogP contribution in [0.5, 0.6) is 0 Å². The minimum Gasteiger partial charge on any atom is -0.444 e. The number of carbonyl (C=O) groups is 2. The number of carbonyl (C=O) groups excluding carboxylic acids is 2. The Hall–Kier alpha value is -3.33. The van der Waals surface area contributed by atoms with Crippen LogP contribution in [0.25, 0.3) is 5.65 Å². The molecule has 182 valence electrons. The van der Waals surface area contributed by atoms with Crippen molar-refractivity contribution in [3.8, 4) is 0 Å². The summed E-state index contributed by atoms with van der Waals surface area (Å²) in [6, 6.07) is 8.12. The van der Waals surface area contributed by atoms with E-state index in [2.05, 4.69) is 20.9 Å². The van der Waals surface area contributed by atoms with Crippen LogP contribution in [-0.4, -0.2) is 40.1 Å². The fourth-order valence-electron chi connectivity index (χ4n) is 3.30. The number of fused-ring (bicyclic) bond motifs is 1. The maximum absolute atomic E-state index is 14.6. The highest BCUT2D eigenvalue weighted by molar-refractivity contribution is 6.30. The molecule has 2 heterocycles. The SMILES string of the molecule is CCc1nc2ccc(Cl)cn2c1C(=O)NCc1ccc(NCCNC(=O)OC(C)(C)C)cc1F. The second kappa shape index (κ2) is 10.7. The molecule has 8 nitrogen and oxygen atoms in total. The van der Waals surface area contributed by atoms with Crippen molar-refractivity contribution in [1.82, 2.24) is 20.0 Å². The number of alkyl carbamates (subject to hydrolysis) is 1. The van der Waals surface area contributed by atoms with E-state index in [0.29, 0.717) is 52.8 Å². The molecule has 0 radical (unpaired) electrons. The molecule has 0 unspecified atom stereocenters. The number of pyridine rings is 1. The summed E-state index contributed by atoms with van der Waals surface area (Å²) in [5.74, 6) is -0.816. The first-order valence-corrected chi connectivity index (χ1v) is 11.4. The Labute approximate surface area is 202 Å². The molecule has 1 aromatic carbocycles. The molecule has 10 heteroatoms. The summed E-state index contributed by atoms with van der Waals surface area (Å²) in [5, 5.41) is 8.91. The first kappa shape index (κ1) is 25.3. The Morgan fingerprint density at radius 2 is 1.91 bits per heavy atom. The Balaban J connectivity index is 1.56. The minimum atomic E-state index is -0.567. The van der Waals surface area contributed by atoms with Gasteiger partial charge in [0.1, 0.15) is 22.8 Å². The van der Waals surface area contributed by atoms with Gasteiger partial charge in [0.05, 0.1) is 10.7 Å². The summed E-state index contributed by atoms with van der Waals surface area (Å²) in [5.41, 5.74) is 1.98. The molecule has 3 N–H and O–H groups in total.